The van der Waals surface area contributed by atoms with Crippen LogP contribution in [0.5, 0.6) is 0 Å². The highest BCUT2D eigenvalue weighted by molar-refractivity contribution is 5.75. The molecule has 0 spiro atoms. The number of benzene rings is 1. The maximum Gasteiger partial charge on any atom is 0.222 e. The topological polar surface area (TPSA) is 40.5 Å². The summed E-state index contributed by atoms with van der Waals surface area (Å²) >= 11 is 0. The molecule has 0 radical (unpaired) electrons. The van der Waals surface area contributed by atoms with Crippen molar-refractivity contribution in [2.75, 3.05) is 14.1 Å². The van der Waals surface area contributed by atoms with Gasteiger partial charge in [0.2, 0.25) is 5.91 Å². The van der Waals surface area contributed by atoms with Crippen LogP contribution in [0.15, 0.2) is 35.9 Å². The van der Waals surface area contributed by atoms with Crippen molar-refractivity contribution >= 4 is 5.91 Å². The number of fused-ring (bicyclic) bond motifs is 1. The van der Waals surface area contributed by atoms with Crippen molar-refractivity contribution in [1.29, 1.82) is 0 Å². The van der Waals surface area contributed by atoms with E-state index in [1.807, 2.05) is 14.1 Å². The molecule has 1 aromatic rings. The normalized spacial score (nSPS) is 27.9. The molecule has 3 rings (SSSR count). The molecule has 1 amide bonds. The van der Waals surface area contributed by atoms with Crippen LogP contribution in [-0.2, 0) is 4.79 Å². The number of allylic oxidation sites excluding steroid dienone is 2. The maximum atomic E-state index is 11.6. The number of aryl methyl sites for hydroxylation is 1. The number of carbonyl (C=O) groups excluding carboxylic acids is 1. The minimum atomic E-state index is -0.215. The lowest BCUT2D eigenvalue weighted by atomic mass is 9.83. The van der Waals surface area contributed by atoms with Gasteiger partial charge in [-0.1, -0.05) is 41.5 Å². The Kier molecular flexibility index (Phi) is 5.63. The number of aliphatic hydroxyl groups excluding tert-OH is 1. The van der Waals surface area contributed by atoms with E-state index in [4.69, 9.17) is 0 Å². The van der Waals surface area contributed by atoms with Crippen LogP contribution in [0.1, 0.15) is 55.6 Å². The van der Waals surface area contributed by atoms with Crippen LogP contribution >= 0.6 is 0 Å². The smallest absolute Gasteiger partial charge is 0.222 e. The predicted octanol–water partition coefficient (Wildman–Crippen LogP) is 4.05. The molecule has 1 fully saturated rings. The van der Waals surface area contributed by atoms with E-state index in [1.54, 1.807) is 4.90 Å². The number of hydrogen-bond acceptors (Lipinski definition) is 2. The van der Waals surface area contributed by atoms with Crippen LogP contribution in [0, 0.1) is 18.8 Å². The molecule has 0 bridgehead atoms. The van der Waals surface area contributed by atoms with Crippen LogP contribution in [-0.4, -0.2) is 36.1 Å². The monoisotopic (exact) mass is 341 g/mol. The van der Waals surface area contributed by atoms with E-state index in [0.717, 1.165) is 32.1 Å². The summed E-state index contributed by atoms with van der Waals surface area (Å²) in [4.78, 5) is 13.3. The van der Waals surface area contributed by atoms with E-state index in [2.05, 4.69) is 37.3 Å². The fourth-order valence-electron chi connectivity index (χ4n) is 4.68. The van der Waals surface area contributed by atoms with Crippen molar-refractivity contribution in [3.63, 3.8) is 0 Å². The third-order valence-electron chi connectivity index (χ3n) is 5.95. The van der Waals surface area contributed by atoms with Crippen molar-refractivity contribution in [1.82, 2.24) is 4.90 Å². The van der Waals surface area contributed by atoms with E-state index in [9.17, 15) is 9.90 Å². The van der Waals surface area contributed by atoms with Gasteiger partial charge in [0, 0.05) is 26.4 Å². The molecule has 2 aliphatic rings. The zero-order valence-electron chi connectivity index (χ0n) is 15.7. The SMILES string of the molecule is Cc1cccc([C@H]2[C@H]3CC(CCCCC(=O)N(C)C)=C[C@H]3C[C@H]2O)c1. The van der Waals surface area contributed by atoms with E-state index in [1.165, 1.54) is 16.7 Å². The molecular weight excluding hydrogens is 310 g/mol. The van der Waals surface area contributed by atoms with Gasteiger partial charge in [0.1, 0.15) is 0 Å². The predicted molar refractivity (Wildman–Crippen MR) is 101 cm³/mol. The van der Waals surface area contributed by atoms with Crippen LogP contribution < -0.4 is 0 Å². The number of rotatable bonds is 6. The maximum absolute atomic E-state index is 11.6. The lowest BCUT2D eigenvalue weighted by Gasteiger charge is -2.22. The Labute approximate surface area is 151 Å². The Hall–Kier alpha value is -1.61. The van der Waals surface area contributed by atoms with Crippen molar-refractivity contribution in [3.05, 3.63) is 47.0 Å². The van der Waals surface area contributed by atoms with Crippen LogP contribution in [0.3, 0.4) is 0 Å². The first-order valence-electron chi connectivity index (χ1n) is 9.60. The number of unbranched alkanes of at least 4 members (excludes halogenated alkanes) is 1. The Morgan fingerprint density at radius 3 is 2.80 bits per heavy atom. The Morgan fingerprint density at radius 1 is 1.28 bits per heavy atom. The molecule has 0 saturated heterocycles. The average molecular weight is 341 g/mol. The molecule has 0 unspecified atom stereocenters. The Bertz CT molecular complexity index is 649. The van der Waals surface area contributed by atoms with E-state index >= 15 is 0 Å². The number of nitrogens with zero attached hydrogens (tertiary/aromatic N) is 1. The fraction of sp³-hybridized carbons (Fsp3) is 0.591. The van der Waals surface area contributed by atoms with Crippen LogP contribution in [0.4, 0.5) is 0 Å². The third-order valence-corrected chi connectivity index (χ3v) is 5.95. The number of hydrogen-bond donors (Lipinski definition) is 1. The van der Waals surface area contributed by atoms with Crippen molar-refractivity contribution in [2.45, 2.75) is 57.5 Å². The molecule has 0 heterocycles. The lowest BCUT2D eigenvalue weighted by molar-refractivity contribution is -0.128. The van der Waals surface area contributed by atoms with Gasteiger partial charge in [-0.25, -0.2) is 0 Å². The molecule has 25 heavy (non-hydrogen) atoms. The third kappa shape index (κ3) is 4.14. The molecule has 4 atom stereocenters. The second-order valence-electron chi connectivity index (χ2n) is 8.09. The van der Waals surface area contributed by atoms with Gasteiger partial charge in [0.05, 0.1) is 6.10 Å². The summed E-state index contributed by atoms with van der Waals surface area (Å²) in [5, 5.41) is 10.6. The molecule has 0 aromatic heterocycles. The molecule has 1 N–H and O–H groups in total. The zero-order valence-corrected chi connectivity index (χ0v) is 15.7. The summed E-state index contributed by atoms with van der Waals surface area (Å²) in [6, 6.07) is 8.64. The largest absolute Gasteiger partial charge is 0.392 e. The highest BCUT2D eigenvalue weighted by atomic mass is 16.3. The van der Waals surface area contributed by atoms with E-state index < -0.39 is 0 Å². The quantitative estimate of drug-likeness (QED) is 0.626. The van der Waals surface area contributed by atoms with Crippen LogP contribution in [0.2, 0.25) is 0 Å². The van der Waals surface area contributed by atoms with Crippen molar-refractivity contribution in [2.24, 2.45) is 11.8 Å². The van der Waals surface area contributed by atoms with Crippen LogP contribution in [0.25, 0.3) is 0 Å². The van der Waals surface area contributed by atoms with Gasteiger partial charge < -0.3 is 10.0 Å². The molecule has 3 nitrogen and oxygen atoms in total. The standard InChI is InChI=1S/C22H31NO2/c1-15-7-6-9-17(11-15)22-19-13-16(12-18(19)14-20(22)24)8-4-5-10-21(25)23(2)3/h6-7,9,11-12,18-20,22,24H,4-5,8,10,13-14H2,1-3H3/t18-,19-,20+,22-/m0/s1. The highest BCUT2D eigenvalue weighted by Crippen LogP contribution is 2.51. The first-order chi connectivity index (χ1) is 12.0. The average Bonchev–Trinajstić information content (AvgIpc) is 3.06. The van der Waals surface area contributed by atoms with Crippen molar-refractivity contribution < 1.29 is 9.90 Å². The summed E-state index contributed by atoms with van der Waals surface area (Å²) < 4.78 is 0. The molecule has 0 aliphatic heterocycles. The fourth-order valence-corrected chi connectivity index (χ4v) is 4.68. The van der Waals surface area contributed by atoms with Gasteiger partial charge in [0.25, 0.3) is 0 Å². The van der Waals surface area contributed by atoms with Gasteiger partial charge in [-0.15, -0.1) is 0 Å². The lowest BCUT2D eigenvalue weighted by Crippen LogP contribution is -2.21. The van der Waals surface area contributed by atoms with Gasteiger partial charge in [-0.05, 0) is 56.4 Å². The summed E-state index contributed by atoms with van der Waals surface area (Å²) in [7, 11) is 3.64. The number of aliphatic hydroxyl groups is 1. The van der Waals surface area contributed by atoms with E-state index in [-0.39, 0.29) is 17.9 Å². The van der Waals surface area contributed by atoms with Crippen molar-refractivity contribution in [3.8, 4) is 0 Å². The molecule has 1 aromatic carbocycles. The minimum Gasteiger partial charge on any atom is -0.392 e. The molecular formula is C22H31NO2. The van der Waals surface area contributed by atoms with Gasteiger partial charge in [-0.3, -0.25) is 4.79 Å². The summed E-state index contributed by atoms with van der Waals surface area (Å²) in [5.41, 5.74) is 4.10. The molecule has 3 heteroatoms. The second kappa shape index (κ2) is 7.74. The molecule has 1 saturated carbocycles. The Balaban J connectivity index is 1.55. The Morgan fingerprint density at radius 2 is 2.08 bits per heavy atom. The summed E-state index contributed by atoms with van der Waals surface area (Å²) in [6.07, 6.45) is 8.02. The van der Waals surface area contributed by atoms with Gasteiger partial charge in [-0.2, -0.15) is 0 Å². The minimum absolute atomic E-state index is 0.215. The summed E-state index contributed by atoms with van der Waals surface area (Å²) in [5.74, 6) is 1.57. The van der Waals surface area contributed by atoms with Gasteiger partial charge in [0.15, 0.2) is 0 Å². The molecule has 136 valence electrons. The zero-order chi connectivity index (χ0) is 18.0. The highest BCUT2D eigenvalue weighted by Gasteiger charge is 2.45. The molecule has 2 aliphatic carbocycles. The van der Waals surface area contributed by atoms with Gasteiger partial charge >= 0.3 is 0 Å². The van der Waals surface area contributed by atoms with E-state index in [0.29, 0.717) is 18.3 Å². The summed E-state index contributed by atoms with van der Waals surface area (Å²) in [6.45, 7) is 2.12. The first kappa shape index (κ1) is 18.2. The second-order valence-corrected chi connectivity index (χ2v) is 8.09. The number of carbonyl (C=O) groups is 1. The first-order valence-corrected chi connectivity index (χ1v) is 9.60. The number of amides is 1.